The second kappa shape index (κ2) is 12.4. The maximum Gasteiger partial charge on any atom is 0.213 e. The highest BCUT2D eigenvalue weighted by molar-refractivity contribution is 14.0. The minimum Gasteiger partial charge on any atom is -0.356 e. The van der Waals surface area contributed by atoms with Crippen molar-refractivity contribution in [1.29, 1.82) is 0 Å². The van der Waals surface area contributed by atoms with Crippen molar-refractivity contribution in [2.45, 2.75) is 70.8 Å². The lowest BCUT2D eigenvalue weighted by atomic mass is 10.0. The van der Waals surface area contributed by atoms with E-state index in [0.717, 1.165) is 31.3 Å². The first-order chi connectivity index (χ1) is 12.0. The van der Waals surface area contributed by atoms with Crippen LogP contribution in [0.15, 0.2) is 4.99 Å². The second-order valence-corrected chi connectivity index (χ2v) is 9.62. The highest BCUT2D eigenvalue weighted by Crippen LogP contribution is 2.28. The molecular formula is C18H37IN4O2S. The predicted octanol–water partition coefficient (Wildman–Crippen LogP) is 2.94. The monoisotopic (exact) mass is 500 g/mol. The van der Waals surface area contributed by atoms with Crippen molar-refractivity contribution in [3.8, 4) is 0 Å². The van der Waals surface area contributed by atoms with E-state index in [0.29, 0.717) is 19.1 Å². The standard InChI is InChI=1S/C18H36N4O2S.HI/c1-3-25(23,24)22-14-11-17(12-15-22)21-18(19-2)20-13-7-6-10-16-8-4-5-9-16;/h16-17H,3-15H2,1-2H3,(H2,19,20,21);1H. The van der Waals surface area contributed by atoms with Gasteiger partial charge in [-0.3, -0.25) is 4.99 Å². The van der Waals surface area contributed by atoms with E-state index >= 15 is 0 Å². The normalized spacial score (nSPS) is 20.8. The Morgan fingerprint density at radius 2 is 1.77 bits per heavy atom. The molecule has 26 heavy (non-hydrogen) atoms. The fourth-order valence-electron chi connectivity index (χ4n) is 3.91. The van der Waals surface area contributed by atoms with E-state index in [1.807, 2.05) is 0 Å². The van der Waals surface area contributed by atoms with E-state index in [9.17, 15) is 8.42 Å². The summed E-state index contributed by atoms with van der Waals surface area (Å²) in [5.74, 6) is 2.01. The summed E-state index contributed by atoms with van der Waals surface area (Å²) in [6.45, 7) is 3.87. The number of nitrogens with one attached hydrogen (secondary N) is 2. The summed E-state index contributed by atoms with van der Waals surface area (Å²) in [7, 11) is -1.25. The smallest absolute Gasteiger partial charge is 0.213 e. The molecule has 2 rings (SSSR count). The first kappa shape index (κ1) is 23.9. The maximum absolute atomic E-state index is 11.9. The van der Waals surface area contributed by atoms with Gasteiger partial charge >= 0.3 is 0 Å². The molecule has 0 atom stereocenters. The highest BCUT2D eigenvalue weighted by atomic mass is 127. The lowest BCUT2D eigenvalue weighted by Gasteiger charge is -2.32. The van der Waals surface area contributed by atoms with Crippen LogP contribution in [0, 0.1) is 5.92 Å². The van der Waals surface area contributed by atoms with Crippen molar-refractivity contribution >= 4 is 40.0 Å². The highest BCUT2D eigenvalue weighted by Gasteiger charge is 2.26. The van der Waals surface area contributed by atoms with Gasteiger partial charge in [0.2, 0.25) is 10.0 Å². The quantitative estimate of drug-likeness (QED) is 0.233. The number of unbranched alkanes of at least 4 members (excludes halogenated alkanes) is 1. The first-order valence-corrected chi connectivity index (χ1v) is 11.6. The zero-order chi connectivity index (χ0) is 18.1. The number of piperidine rings is 1. The van der Waals surface area contributed by atoms with Crippen molar-refractivity contribution in [3.05, 3.63) is 0 Å². The van der Waals surface area contributed by atoms with Crippen molar-refractivity contribution in [2.75, 3.05) is 32.4 Å². The minimum atomic E-state index is -3.05. The molecule has 8 heteroatoms. The van der Waals surface area contributed by atoms with E-state index in [2.05, 4.69) is 15.6 Å². The van der Waals surface area contributed by atoms with Crippen LogP contribution < -0.4 is 10.6 Å². The SMILES string of the molecule is CCS(=O)(=O)N1CCC(NC(=NC)NCCCCC2CCCC2)CC1.I. The molecule has 2 fully saturated rings. The average Bonchev–Trinajstić information content (AvgIpc) is 3.14. The Morgan fingerprint density at radius 1 is 1.12 bits per heavy atom. The Kier molecular flexibility index (Phi) is 11.4. The molecule has 0 radical (unpaired) electrons. The van der Waals surface area contributed by atoms with Gasteiger partial charge in [0.1, 0.15) is 0 Å². The lowest BCUT2D eigenvalue weighted by molar-refractivity contribution is 0.306. The summed E-state index contributed by atoms with van der Waals surface area (Å²) in [5, 5.41) is 6.85. The molecule has 0 spiro atoms. The Balaban J connectivity index is 0.00000338. The van der Waals surface area contributed by atoms with Gasteiger partial charge in [-0.05, 0) is 32.1 Å². The summed E-state index contributed by atoms with van der Waals surface area (Å²) in [4.78, 5) is 4.30. The molecule has 1 aliphatic heterocycles. The van der Waals surface area contributed by atoms with Gasteiger partial charge in [-0.25, -0.2) is 12.7 Å². The molecule has 0 aromatic carbocycles. The fourth-order valence-corrected chi connectivity index (χ4v) is 5.05. The van der Waals surface area contributed by atoms with Gasteiger partial charge in [0, 0.05) is 32.7 Å². The third-order valence-corrected chi connectivity index (χ3v) is 7.46. The van der Waals surface area contributed by atoms with Crippen LogP contribution >= 0.6 is 24.0 Å². The molecular weight excluding hydrogens is 463 g/mol. The Labute approximate surface area is 177 Å². The van der Waals surface area contributed by atoms with Crippen molar-refractivity contribution < 1.29 is 8.42 Å². The minimum absolute atomic E-state index is 0. The molecule has 154 valence electrons. The number of hydrogen-bond acceptors (Lipinski definition) is 3. The van der Waals surface area contributed by atoms with Crippen LogP contribution in [0.4, 0.5) is 0 Å². The van der Waals surface area contributed by atoms with Crippen LogP contribution in [-0.4, -0.2) is 57.2 Å². The Morgan fingerprint density at radius 3 is 2.35 bits per heavy atom. The topological polar surface area (TPSA) is 73.8 Å². The molecule has 2 aliphatic rings. The summed E-state index contributed by atoms with van der Waals surface area (Å²) in [5.41, 5.74) is 0. The van der Waals surface area contributed by atoms with E-state index in [1.165, 1.54) is 44.9 Å². The van der Waals surface area contributed by atoms with Crippen LogP contribution in [0.1, 0.15) is 64.7 Å². The van der Waals surface area contributed by atoms with Crippen LogP contribution in [0.5, 0.6) is 0 Å². The molecule has 0 aromatic heterocycles. The lowest BCUT2D eigenvalue weighted by Crippen LogP contribution is -2.50. The Hall–Kier alpha value is -0.0900. The summed E-state index contributed by atoms with van der Waals surface area (Å²) >= 11 is 0. The van der Waals surface area contributed by atoms with E-state index < -0.39 is 10.0 Å². The van der Waals surface area contributed by atoms with Gasteiger partial charge < -0.3 is 10.6 Å². The molecule has 6 nitrogen and oxygen atoms in total. The molecule has 0 aromatic rings. The number of hydrogen-bond donors (Lipinski definition) is 2. The largest absolute Gasteiger partial charge is 0.356 e. The molecule has 2 N–H and O–H groups in total. The van der Waals surface area contributed by atoms with Gasteiger partial charge in [0.05, 0.1) is 5.75 Å². The van der Waals surface area contributed by atoms with Crippen LogP contribution in [0.25, 0.3) is 0 Å². The average molecular weight is 500 g/mol. The van der Waals surface area contributed by atoms with Crippen LogP contribution in [-0.2, 0) is 10.0 Å². The predicted molar refractivity (Wildman–Crippen MR) is 120 cm³/mol. The summed E-state index contributed by atoms with van der Waals surface area (Å²) < 4.78 is 25.4. The molecule has 1 saturated carbocycles. The molecule has 1 heterocycles. The third-order valence-electron chi connectivity index (χ3n) is 5.58. The number of halogens is 1. The van der Waals surface area contributed by atoms with Gasteiger partial charge in [-0.1, -0.05) is 38.5 Å². The van der Waals surface area contributed by atoms with Crippen LogP contribution in [0.2, 0.25) is 0 Å². The van der Waals surface area contributed by atoms with Gasteiger partial charge in [0.25, 0.3) is 0 Å². The van der Waals surface area contributed by atoms with Crippen molar-refractivity contribution in [1.82, 2.24) is 14.9 Å². The molecule has 0 unspecified atom stereocenters. The van der Waals surface area contributed by atoms with Gasteiger partial charge in [0.15, 0.2) is 5.96 Å². The second-order valence-electron chi connectivity index (χ2n) is 7.36. The van der Waals surface area contributed by atoms with Gasteiger partial charge in [-0.15, -0.1) is 24.0 Å². The molecule has 1 saturated heterocycles. The zero-order valence-electron chi connectivity index (χ0n) is 16.4. The van der Waals surface area contributed by atoms with Gasteiger partial charge in [-0.2, -0.15) is 0 Å². The fraction of sp³-hybridized carbons (Fsp3) is 0.944. The van der Waals surface area contributed by atoms with Crippen molar-refractivity contribution in [2.24, 2.45) is 10.9 Å². The number of aliphatic imine (C=N–C) groups is 1. The van der Waals surface area contributed by atoms with Crippen molar-refractivity contribution in [3.63, 3.8) is 0 Å². The molecule has 1 aliphatic carbocycles. The Bertz CT molecular complexity index is 513. The maximum atomic E-state index is 11.9. The third kappa shape index (κ3) is 7.88. The number of nitrogens with zero attached hydrogens (tertiary/aromatic N) is 2. The van der Waals surface area contributed by atoms with E-state index in [-0.39, 0.29) is 29.7 Å². The van der Waals surface area contributed by atoms with E-state index in [4.69, 9.17) is 0 Å². The van der Waals surface area contributed by atoms with Crippen LogP contribution in [0.3, 0.4) is 0 Å². The molecule has 0 bridgehead atoms. The molecule has 0 amide bonds. The summed E-state index contributed by atoms with van der Waals surface area (Å²) in [6, 6.07) is 0.299. The zero-order valence-corrected chi connectivity index (χ0v) is 19.5. The first-order valence-electron chi connectivity index (χ1n) is 10.00. The number of guanidine groups is 1. The number of rotatable bonds is 8. The summed E-state index contributed by atoms with van der Waals surface area (Å²) in [6.07, 6.45) is 11.2. The van der Waals surface area contributed by atoms with E-state index in [1.54, 1.807) is 18.3 Å². The number of sulfonamides is 1.